The van der Waals surface area contributed by atoms with Crippen LogP contribution in [0, 0.1) is 11.8 Å². The van der Waals surface area contributed by atoms with Crippen LogP contribution in [-0.2, 0) is 14.4 Å². The summed E-state index contributed by atoms with van der Waals surface area (Å²) in [5.41, 5.74) is 0. The van der Waals surface area contributed by atoms with Crippen molar-refractivity contribution < 1.29 is 19.5 Å². The minimum Gasteiger partial charge on any atom is -0.481 e. The van der Waals surface area contributed by atoms with E-state index in [1.165, 1.54) is 0 Å². The molecule has 25 heavy (non-hydrogen) atoms. The SMILES string of the molecule is Cl.O=C(O)CCNC(=O)[C@@H]1CCCN(C(=O)CCC2CCNCC2)C1. The summed E-state index contributed by atoms with van der Waals surface area (Å²) in [6.07, 6.45) is 5.30. The van der Waals surface area contributed by atoms with Crippen molar-refractivity contribution in [2.24, 2.45) is 11.8 Å². The number of carbonyl (C=O) groups is 3. The maximum atomic E-state index is 12.4. The second-order valence-electron chi connectivity index (χ2n) is 6.85. The monoisotopic (exact) mass is 375 g/mol. The van der Waals surface area contributed by atoms with Crippen LogP contribution in [0.25, 0.3) is 0 Å². The van der Waals surface area contributed by atoms with Crippen molar-refractivity contribution in [3.63, 3.8) is 0 Å². The molecule has 0 unspecified atom stereocenters. The Labute approximate surface area is 155 Å². The number of carboxylic acid groups (broad SMARTS) is 1. The first-order valence-corrected chi connectivity index (χ1v) is 9.04. The minimum atomic E-state index is -0.923. The Morgan fingerprint density at radius 3 is 2.52 bits per heavy atom. The highest BCUT2D eigenvalue weighted by atomic mass is 35.5. The van der Waals surface area contributed by atoms with Gasteiger partial charge < -0.3 is 20.6 Å². The van der Waals surface area contributed by atoms with Gasteiger partial charge in [-0.25, -0.2) is 0 Å². The van der Waals surface area contributed by atoms with Gasteiger partial charge in [0.2, 0.25) is 11.8 Å². The molecule has 2 fully saturated rings. The van der Waals surface area contributed by atoms with Crippen LogP contribution in [-0.4, -0.2) is 60.5 Å². The van der Waals surface area contributed by atoms with Crippen LogP contribution in [0.4, 0.5) is 0 Å². The molecule has 0 aromatic rings. The Kier molecular flexibility index (Phi) is 9.82. The Bertz CT molecular complexity index is 455. The van der Waals surface area contributed by atoms with E-state index >= 15 is 0 Å². The summed E-state index contributed by atoms with van der Waals surface area (Å²) >= 11 is 0. The Hall–Kier alpha value is -1.34. The molecule has 2 amide bonds. The third-order valence-corrected chi connectivity index (χ3v) is 5.01. The van der Waals surface area contributed by atoms with Gasteiger partial charge in [-0.1, -0.05) is 0 Å². The van der Waals surface area contributed by atoms with Crippen LogP contribution in [0.15, 0.2) is 0 Å². The predicted octanol–water partition coefficient (Wildman–Crippen LogP) is 1.02. The number of halogens is 1. The van der Waals surface area contributed by atoms with Crippen LogP contribution in [0.5, 0.6) is 0 Å². The smallest absolute Gasteiger partial charge is 0.305 e. The average molecular weight is 376 g/mol. The first-order chi connectivity index (χ1) is 11.6. The van der Waals surface area contributed by atoms with Gasteiger partial charge in [0.25, 0.3) is 0 Å². The quantitative estimate of drug-likeness (QED) is 0.617. The van der Waals surface area contributed by atoms with E-state index < -0.39 is 5.97 Å². The number of amides is 2. The van der Waals surface area contributed by atoms with Gasteiger partial charge in [-0.15, -0.1) is 12.4 Å². The molecule has 0 aliphatic carbocycles. The van der Waals surface area contributed by atoms with Gasteiger partial charge in [-0.05, 0) is 51.1 Å². The fraction of sp³-hybridized carbons (Fsp3) is 0.824. The molecule has 0 bridgehead atoms. The zero-order valence-electron chi connectivity index (χ0n) is 14.7. The zero-order valence-corrected chi connectivity index (χ0v) is 15.5. The van der Waals surface area contributed by atoms with Gasteiger partial charge in [0.15, 0.2) is 0 Å². The lowest BCUT2D eigenvalue weighted by molar-refractivity contribution is -0.137. The molecule has 144 valence electrons. The number of hydrogen-bond acceptors (Lipinski definition) is 4. The van der Waals surface area contributed by atoms with E-state index in [2.05, 4.69) is 10.6 Å². The van der Waals surface area contributed by atoms with Crippen molar-refractivity contribution in [1.29, 1.82) is 0 Å². The topological polar surface area (TPSA) is 98.7 Å². The number of carboxylic acids is 1. The molecule has 0 aromatic carbocycles. The van der Waals surface area contributed by atoms with E-state index in [4.69, 9.17) is 5.11 Å². The van der Waals surface area contributed by atoms with E-state index in [0.29, 0.717) is 18.9 Å². The van der Waals surface area contributed by atoms with Gasteiger partial charge in [-0.2, -0.15) is 0 Å². The standard InChI is InChI=1S/C17H29N3O4.ClH/c21-15(4-3-13-5-8-18-9-6-13)20-11-1-2-14(12-20)17(24)19-10-7-16(22)23;/h13-14,18H,1-12H2,(H,19,24)(H,22,23);1H/t14-;/m1./s1. The Morgan fingerprint density at radius 1 is 1.12 bits per heavy atom. The highest BCUT2D eigenvalue weighted by molar-refractivity contribution is 5.85. The molecule has 0 saturated carbocycles. The fourth-order valence-electron chi connectivity index (χ4n) is 3.51. The Morgan fingerprint density at radius 2 is 1.84 bits per heavy atom. The van der Waals surface area contributed by atoms with Crippen molar-refractivity contribution in [3.8, 4) is 0 Å². The average Bonchev–Trinajstić information content (AvgIpc) is 2.60. The molecule has 2 heterocycles. The summed E-state index contributed by atoms with van der Waals surface area (Å²) in [5, 5.41) is 14.6. The maximum Gasteiger partial charge on any atom is 0.305 e. The van der Waals surface area contributed by atoms with E-state index in [-0.39, 0.29) is 43.1 Å². The van der Waals surface area contributed by atoms with E-state index in [9.17, 15) is 14.4 Å². The summed E-state index contributed by atoms with van der Waals surface area (Å²) in [6.45, 7) is 3.42. The molecule has 3 N–H and O–H groups in total. The fourth-order valence-corrected chi connectivity index (χ4v) is 3.51. The normalized spacial score (nSPS) is 21.3. The van der Waals surface area contributed by atoms with E-state index in [1.54, 1.807) is 0 Å². The number of rotatable bonds is 7. The van der Waals surface area contributed by atoms with Gasteiger partial charge in [0, 0.05) is 26.1 Å². The molecule has 2 saturated heterocycles. The molecular formula is C17H30ClN3O4. The van der Waals surface area contributed by atoms with Gasteiger partial charge in [0.05, 0.1) is 12.3 Å². The molecule has 0 spiro atoms. The van der Waals surface area contributed by atoms with Crippen LogP contribution in [0.1, 0.15) is 44.9 Å². The maximum absolute atomic E-state index is 12.4. The van der Waals surface area contributed by atoms with Crippen molar-refractivity contribution >= 4 is 30.2 Å². The molecule has 2 rings (SSSR count). The first-order valence-electron chi connectivity index (χ1n) is 9.04. The zero-order chi connectivity index (χ0) is 17.4. The molecule has 1 atom stereocenters. The summed E-state index contributed by atoms with van der Waals surface area (Å²) in [7, 11) is 0. The van der Waals surface area contributed by atoms with Crippen LogP contribution >= 0.6 is 12.4 Å². The highest BCUT2D eigenvalue weighted by Gasteiger charge is 2.28. The number of nitrogens with one attached hydrogen (secondary N) is 2. The van der Waals surface area contributed by atoms with Crippen LogP contribution < -0.4 is 10.6 Å². The second-order valence-corrected chi connectivity index (χ2v) is 6.85. The van der Waals surface area contributed by atoms with Gasteiger partial charge in [-0.3, -0.25) is 14.4 Å². The predicted molar refractivity (Wildman–Crippen MR) is 96.6 cm³/mol. The number of aliphatic carboxylic acids is 1. The lowest BCUT2D eigenvalue weighted by Crippen LogP contribution is -2.45. The third kappa shape index (κ3) is 7.61. The summed E-state index contributed by atoms with van der Waals surface area (Å²) < 4.78 is 0. The van der Waals surface area contributed by atoms with E-state index in [0.717, 1.165) is 51.7 Å². The number of nitrogens with zero attached hydrogens (tertiary/aromatic N) is 1. The molecular weight excluding hydrogens is 346 g/mol. The van der Waals surface area contributed by atoms with Crippen molar-refractivity contribution in [2.45, 2.75) is 44.9 Å². The molecule has 2 aliphatic heterocycles. The molecule has 0 radical (unpaired) electrons. The minimum absolute atomic E-state index is 0. The summed E-state index contributed by atoms with van der Waals surface area (Å²) in [6, 6.07) is 0. The van der Waals surface area contributed by atoms with Crippen molar-refractivity contribution in [3.05, 3.63) is 0 Å². The van der Waals surface area contributed by atoms with E-state index in [1.807, 2.05) is 4.90 Å². The molecule has 0 aromatic heterocycles. The lowest BCUT2D eigenvalue weighted by Gasteiger charge is -2.32. The number of piperidine rings is 2. The van der Waals surface area contributed by atoms with Gasteiger partial charge >= 0.3 is 5.97 Å². The third-order valence-electron chi connectivity index (χ3n) is 5.01. The van der Waals surface area contributed by atoms with Crippen LogP contribution in [0.2, 0.25) is 0 Å². The highest BCUT2D eigenvalue weighted by Crippen LogP contribution is 2.21. The molecule has 2 aliphatic rings. The van der Waals surface area contributed by atoms with Crippen molar-refractivity contribution in [2.75, 3.05) is 32.7 Å². The first kappa shape index (κ1) is 21.7. The van der Waals surface area contributed by atoms with Crippen molar-refractivity contribution in [1.82, 2.24) is 15.5 Å². The number of hydrogen-bond donors (Lipinski definition) is 3. The van der Waals surface area contributed by atoms with Crippen LogP contribution in [0.3, 0.4) is 0 Å². The summed E-state index contributed by atoms with van der Waals surface area (Å²) in [5.74, 6) is -0.484. The number of likely N-dealkylation sites (tertiary alicyclic amines) is 1. The van der Waals surface area contributed by atoms with Gasteiger partial charge in [0.1, 0.15) is 0 Å². The number of carbonyl (C=O) groups excluding carboxylic acids is 2. The second kappa shape index (κ2) is 11.3. The lowest BCUT2D eigenvalue weighted by atomic mass is 9.92. The summed E-state index contributed by atoms with van der Waals surface area (Å²) in [4.78, 5) is 36.8. The largest absolute Gasteiger partial charge is 0.481 e. The molecule has 8 heteroatoms. The Balaban J connectivity index is 0.00000312. The molecule has 7 nitrogen and oxygen atoms in total.